The fourth-order valence-electron chi connectivity index (χ4n) is 3.81. The highest BCUT2D eigenvalue weighted by molar-refractivity contribution is 7.92. The third-order valence-corrected chi connectivity index (χ3v) is 7.80. The normalized spacial score (nSPS) is 13.5. The molecule has 0 aliphatic carbocycles. The molecular weight excluding hydrogens is 501 g/mol. The van der Waals surface area contributed by atoms with Crippen LogP contribution in [0.2, 0.25) is 0 Å². The molecule has 202 valence electrons. The first kappa shape index (κ1) is 28.2. The minimum Gasteiger partial charge on any atom is -0.486 e. The summed E-state index contributed by atoms with van der Waals surface area (Å²) in [6, 6.07) is 9.39. The van der Waals surface area contributed by atoms with Crippen LogP contribution in [0.15, 0.2) is 42.5 Å². The van der Waals surface area contributed by atoms with Gasteiger partial charge in [-0.15, -0.1) is 0 Å². The van der Waals surface area contributed by atoms with Crippen LogP contribution in [0.4, 0.5) is 10.1 Å². The molecule has 2 aromatic rings. The monoisotopic (exact) mass is 535 g/mol. The minimum atomic E-state index is -3.87. The van der Waals surface area contributed by atoms with Crippen molar-refractivity contribution in [1.29, 1.82) is 0 Å². The van der Waals surface area contributed by atoms with E-state index in [9.17, 15) is 22.4 Å². The van der Waals surface area contributed by atoms with Crippen molar-refractivity contribution in [1.82, 2.24) is 10.2 Å². The zero-order valence-electron chi connectivity index (χ0n) is 21.4. The van der Waals surface area contributed by atoms with E-state index < -0.39 is 34.3 Å². The highest BCUT2D eigenvalue weighted by Crippen LogP contribution is 2.35. The molecule has 0 spiro atoms. The third-order valence-electron chi connectivity index (χ3n) is 6.06. The Morgan fingerprint density at radius 1 is 1.05 bits per heavy atom. The summed E-state index contributed by atoms with van der Waals surface area (Å²) in [5.74, 6) is -0.710. The van der Waals surface area contributed by atoms with E-state index in [2.05, 4.69) is 5.32 Å². The Bertz CT molecular complexity index is 1190. The molecule has 1 heterocycles. The molecule has 0 saturated heterocycles. The fraction of sp³-hybridized carbons (Fsp3) is 0.462. The molecular formula is C26H34FN3O6S. The van der Waals surface area contributed by atoms with Gasteiger partial charge in [-0.05, 0) is 50.1 Å². The molecule has 9 nitrogen and oxygen atoms in total. The second kappa shape index (κ2) is 12.8. The average Bonchev–Trinajstić information content (AvgIpc) is 2.90. The zero-order chi connectivity index (χ0) is 27.0. The van der Waals surface area contributed by atoms with Gasteiger partial charge in [0, 0.05) is 19.2 Å². The summed E-state index contributed by atoms with van der Waals surface area (Å²) < 4.78 is 51.7. The van der Waals surface area contributed by atoms with E-state index in [0.29, 0.717) is 36.8 Å². The van der Waals surface area contributed by atoms with Crippen LogP contribution >= 0.6 is 0 Å². The second-order valence-electron chi connectivity index (χ2n) is 8.70. The number of amides is 2. The predicted molar refractivity (Wildman–Crippen MR) is 139 cm³/mol. The Morgan fingerprint density at radius 3 is 2.38 bits per heavy atom. The van der Waals surface area contributed by atoms with E-state index in [0.717, 1.165) is 17.1 Å². The second-order valence-corrected chi connectivity index (χ2v) is 10.9. The molecule has 0 fully saturated rings. The van der Waals surface area contributed by atoms with Crippen molar-refractivity contribution in [3.8, 4) is 11.5 Å². The summed E-state index contributed by atoms with van der Waals surface area (Å²) in [5, 5.41) is 2.82. The van der Waals surface area contributed by atoms with E-state index in [1.165, 1.54) is 42.2 Å². The third kappa shape index (κ3) is 7.34. The molecule has 11 heteroatoms. The lowest BCUT2D eigenvalue weighted by atomic mass is 10.1. The molecule has 2 aromatic carbocycles. The molecule has 3 rings (SSSR count). The summed E-state index contributed by atoms with van der Waals surface area (Å²) in [6.45, 7) is 5.74. The van der Waals surface area contributed by atoms with E-state index in [4.69, 9.17) is 9.47 Å². The van der Waals surface area contributed by atoms with Gasteiger partial charge in [0.25, 0.3) is 0 Å². The zero-order valence-corrected chi connectivity index (χ0v) is 22.2. The van der Waals surface area contributed by atoms with Crippen molar-refractivity contribution in [2.24, 2.45) is 0 Å². The number of rotatable bonds is 12. The van der Waals surface area contributed by atoms with E-state index >= 15 is 0 Å². The van der Waals surface area contributed by atoms with Crippen molar-refractivity contribution in [2.75, 3.05) is 36.4 Å². The van der Waals surface area contributed by atoms with Gasteiger partial charge in [-0.1, -0.05) is 25.5 Å². The molecule has 37 heavy (non-hydrogen) atoms. The maximum absolute atomic E-state index is 13.6. The lowest BCUT2D eigenvalue weighted by Gasteiger charge is -2.32. The van der Waals surface area contributed by atoms with Crippen LogP contribution < -0.4 is 19.1 Å². The van der Waals surface area contributed by atoms with Crippen LogP contribution in [-0.4, -0.2) is 63.2 Å². The number of sulfonamides is 1. The van der Waals surface area contributed by atoms with Crippen molar-refractivity contribution in [2.45, 2.75) is 46.2 Å². The standard InChI is InChI=1S/C26H34FN3O6S/c1-4-6-13-28-26(32)19(3)29(17-20-7-9-21(27)10-8-20)25(31)18-30(37(33,34)5-2)22-11-12-23-24(16-22)36-15-14-35-23/h7-12,16,19H,4-6,13-15,17-18H2,1-3H3,(H,28,32). The first-order valence-corrected chi connectivity index (χ1v) is 14.0. The first-order valence-electron chi connectivity index (χ1n) is 12.4. The van der Waals surface area contributed by atoms with Gasteiger partial charge in [0.2, 0.25) is 21.8 Å². The van der Waals surface area contributed by atoms with Crippen LogP contribution in [0, 0.1) is 5.82 Å². The SMILES string of the molecule is CCCCNC(=O)C(C)N(Cc1ccc(F)cc1)C(=O)CN(c1ccc2c(c1)OCCO2)S(=O)(=O)CC. The number of carbonyl (C=O) groups excluding carboxylic acids is 2. The number of nitrogens with one attached hydrogen (secondary N) is 1. The number of unbranched alkanes of at least 4 members (excludes halogenated alkanes) is 1. The first-order chi connectivity index (χ1) is 17.7. The summed E-state index contributed by atoms with van der Waals surface area (Å²) in [4.78, 5) is 27.8. The molecule has 0 saturated carbocycles. The van der Waals surface area contributed by atoms with Crippen molar-refractivity contribution in [3.05, 3.63) is 53.8 Å². The quantitative estimate of drug-likeness (QED) is 0.419. The lowest BCUT2D eigenvalue weighted by molar-refractivity contribution is -0.139. The number of halogens is 1. The van der Waals surface area contributed by atoms with E-state index in [-0.39, 0.29) is 23.9 Å². The maximum atomic E-state index is 13.6. The molecule has 2 amide bonds. The molecule has 1 atom stereocenters. The number of nitrogens with zero attached hydrogens (tertiary/aromatic N) is 2. The van der Waals surface area contributed by atoms with Gasteiger partial charge in [-0.3, -0.25) is 13.9 Å². The Labute approximate surface area is 217 Å². The van der Waals surface area contributed by atoms with E-state index in [1.807, 2.05) is 6.92 Å². The van der Waals surface area contributed by atoms with Crippen LogP contribution in [0.25, 0.3) is 0 Å². The highest BCUT2D eigenvalue weighted by atomic mass is 32.2. The van der Waals surface area contributed by atoms with Gasteiger partial charge < -0.3 is 19.7 Å². The largest absolute Gasteiger partial charge is 0.486 e. The number of benzene rings is 2. The number of anilines is 1. The Morgan fingerprint density at radius 2 is 1.73 bits per heavy atom. The Balaban J connectivity index is 1.91. The fourth-order valence-corrected chi connectivity index (χ4v) is 4.87. The van der Waals surface area contributed by atoms with Gasteiger partial charge in [0.05, 0.1) is 11.4 Å². The molecule has 1 unspecified atom stereocenters. The van der Waals surface area contributed by atoms with Crippen LogP contribution in [-0.2, 0) is 26.2 Å². The number of fused-ring (bicyclic) bond motifs is 1. The van der Waals surface area contributed by atoms with Crippen molar-refractivity contribution < 1.29 is 31.9 Å². The maximum Gasteiger partial charge on any atom is 0.244 e. The Kier molecular flexibility index (Phi) is 9.73. The van der Waals surface area contributed by atoms with Crippen LogP contribution in [0.5, 0.6) is 11.5 Å². The molecule has 0 aromatic heterocycles. The topological polar surface area (TPSA) is 105 Å². The number of carbonyl (C=O) groups is 2. The summed E-state index contributed by atoms with van der Waals surface area (Å²) in [5.41, 5.74) is 0.855. The van der Waals surface area contributed by atoms with Gasteiger partial charge in [0.15, 0.2) is 11.5 Å². The predicted octanol–water partition coefficient (Wildman–Crippen LogP) is 3.09. The van der Waals surface area contributed by atoms with Gasteiger partial charge in [-0.25, -0.2) is 12.8 Å². The van der Waals surface area contributed by atoms with Crippen molar-refractivity contribution >= 4 is 27.5 Å². The van der Waals surface area contributed by atoms with E-state index in [1.54, 1.807) is 19.1 Å². The summed E-state index contributed by atoms with van der Waals surface area (Å²) in [7, 11) is -3.87. The molecule has 0 radical (unpaired) electrons. The number of hydrogen-bond acceptors (Lipinski definition) is 6. The molecule has 1 N–H and O–H groups in total. The minimum absolute atomic E-state index is 0.00261. The van der Waals surface area contributed by atoms with Crippen LogP contribution in [0.3, 0.4) is 0 Å². The van der Waals surface area contributed by atoms with Gasteiger partial charge in [-0.2, -0.15) is 0 Å². The molecule has 0 bridgehead atoms. The molecule has 1 aliphatic rings. The van der Waals surface area contributed by atoms with Gasteiger partial charge in [0.1, 0.15) is 31.6 Å². The average molecular weight is 536 g/mol. The highest BCUT2D eigenvalue weighted by Gasteiger charge is 2.31. The van der Waals surface area contributed by atoms with Crippen molar-refractivity contribution in [3.63, 3.8) is 0 Å². The molecule has 1 aliphatic heterocycles. The number of hydrogen-bond donors (Lipinski definition) is 1. The summed E-state index contributed by atoms with van der Waals surface area (Å²) in [6.07, 6.45) is 1.68. The lowest BCUT2D eigenvalue weighted by Crippen LogP contribution is -2.51. The Hall–Kier alpha value is -3.34. The smallest absolute Gasteiger partial charge is 0.244 e. The van der Waals surface area contributed by atoms with Gasteiger partial charge >= 0.3 is 0 Å². The summed E-state index contributed by atoms with van der Waals surface area (Å²) >= 11 is 0. The number of ether oxygens (including phenoxy) is 2. The van der Waals surface area contributed by atoms with Crippen LogP contribution in [0.1, 0.15) is 39.2 Å².